The van der Waals surface area contributed by atoms with Crippen LogP contribution < -0.4 is 0 Å². The van der Waals surface area contributed by atoms with Gasteiger partial charge in [-0.3, -0.25) is 4.79 Å². The lowest BCUT2D eigenvalue weighted by Crippen LogP contribution is -2.08. The number of aromatic nitrogens is 1. The van der Waals surface area contributed by atoms with Gasteiger partial charge in [-0.2, -0.15) is 0 Å². The topological polar surface area (TPSA) is 48.4 Å². The average Bonchev–Trinajstić information content (AvgIpc) is 3.02. The van der Waals surface area contributed by atoms with Crippen molar-refractivity contribution >= 4 is 17.3 Å². The van der Waals surface area contributed by atoms with Gasteiger partial charge in [0.15, 0.2) is 0 Å². The summed E-state index contributed by atoms with van der Waals surface area (Å²) >= 11 is 1.57. The Kier molecular flexibility index (Phi) is 4.12. The summed E-state index contributed by atoms with van der Waals surface area (Å²) in [4.78, 5) is 15.8. The molecule has 1 saturated carbocycles. The summed E-state index contributed by atoms with van der Waals surface area (Å²) in [5.74, 6) is 0.395. The lowest BCUT2D eigenvalue weighted by molar-refractivity contribution is -0.142. The molecular formula is C12H17NO3S. The SMILES string of the molecule is CCOC(=O)Cc1csc(C(OC)C2CC2)n1. The molecule has 1 aromatic heterocycles. The molecule has 2 rings (SSSR count). The molecule has 1 aliphatic carbocycles. The molecule has 1 unspecified atom stereocenters. The van der Waals surface area contributed by atoms with E-state index in [-0.39, 0.29) is 18.5 Å². The number of esters is 1. The molecule has 0 N–H and O–H groups in total. The molecular weight excluding hydrogens is 238 g/mol. The minimum atomic E-state index is -0.218. The molecule has 5 heteroatoms. The minimum absolute atomic E-state index is 0.107. The maximum absolute atomic E-state index is 11.3. The second kappa shape index (κ2) is 5.60. The van der Waals surface area contributed by atoms with Crippen molar-refractivity contribution in [3.05, 3.63) is 16.1 Å². The van der Waals surface area contributed by atoms with E-state index >= 15 is 0 Å². The largest absolute Gasteiger partial charge is 0.466 e. The summed E-state index contributed by atoms with van der Waals surface area (Å²) in [6.45, 7) is 2.22. The zero-order valence-corrected chi connectivity index (χ0v) is 11.0. The molecule has 0 radical (unpaired) electrons. The number of carbonyl (C=O) groups excluding carboxylic acids is 1. The molecule has 1 aliphatic rings. The Bertz CT molecular complexity index is 387. The Morgan fingerprint density at radius 1 is 1.65 bits per heavy atom. The first-order chi connectivity index (χ1) is 8.24. The van der Waals surface area contributed by atoms with Crippen molar-refractivity contribution in [3.63, 3.8) is 0 Å². The predicted molar refractivity (Wildman–Crippen MR) is 64.9 cm³/mol. The quantitative estimate of drug-likeness (QED) is 0.732. The Morgan fingerprint density at radius 3 is 3.00 bits per heavy atom. The van der Waals surface area contributed by atoms with Gasteiger partial charge in [-0.05, 0) is 25.7 Å². The fourth-order valence-electron chi connectivity index (χ4n) is 1.79. The van der Waals surface area contributed by atoms with Crippen LogP contribution >= 0.6 is 11.3 Å². The summed E-state index contributed by atoms with van der Waals surface area (Å²) in [5.41, 5.74) is 0.783. The number of rotatable bonds is 6. The van der Waals surface area contributed by atoms with Crippen molar-refractivity contribution in [2.45, 2.75) is 32.3 Å². The third kappa shape index (κ3) is 3.26. The van der Waals surface area contributed by atoms with Gasteiger partial charge in [0.25, 0.3) is 0 Å². The molecule has 0 spiro atoms. The molecule has 1 atom stereocenters. The molecule has 1 heterocycles. The standard InChI is InChI=1S/C12H17NO3S/c1-3-16-10(14)6-9-7-17-12(13-9)11(15-2)8-4-5-8/h7-8,11H,3-6H2,1-2H3. The van der Waals surface area contributed by atoms with Crippen molar-refractivity contribution in [3.8, 4) is 0 Å². The van der Waals surface area contributed by atoms with Crippen LogP contribution in [0.5, 0.6) is 0 Å². The number of nitrogens with zero attached hydrogens (tertiary/aromatic N) is 1. The van der Waals surface area contributed by atoms with E-state index < -0.39 is 0 Å². The Labute approximate surface area is 105 Å². The van der Waals surface area contributed by atoms with Gasteiger partial charge < -0.3 is 9.47 Å². The average molecular weight is 255 g/mol. The number of ether oxygens (including phenoxy) is 2. The first-order valence-corrected chi connectivity index (χ1v) is 6.75. The molecule has 1 fully saturated rings. The highest BCUT2D eigenvalue weighted by atomic mass is 32.1. The predicted octanol–water partition coefficient (Wildman–Crippen LogP) is 2.35. The third-order valence-electron chi connectivity index (χ3n) is 2.75. The molecule has 0 saturated heterocycles. The molecule has 0 aliphatic heterocycles. The van der Waals surface area contributed by atoms with Crippen molar-refractivity contribution in [1.82, 2.24) is 4.98 Å². The smallest absolute Gasteiger partial charge is 0.311 e. The van der Waals surface area contributed by atoms with E-state index in [0.29, 0.717) is 12.5 Å². The Hall–Kier alpha value is -0.940. The van der Waals surface area contributed by atoms with Crippen LogP contribution in [0, 0.1) is 5.92 Å². The van der Waals surface area contributed by atoms with E-state index in [9.17, 15) is 4.79 Å². The van der Waals surface area contributed by atoms with Gasteiger partial charge in [0, 0.05) is 12.5 Å². The number of carbonyl (C=O) groups is 1. The Morgan fingerprint density at radius 2 is 2.41 bits per heavy atom. The van der Waals surface area contributed by atoms with Crippen LogP contribution in [0.2, 0.25) is 0 Å². The fraction of sp³-hybridized carbons (Fsp3) is 0.667. The zero-order chi connectivity index (χ0) is 12.3. The normalized spacial score (nSPS) is 16.8. The first-order valence-electron chi connectivity index (χ1n) is 5.87. The van der Waals surface area contributed by atoms with Crippen LogP contribution in [-0.4, -0.2) is 24.7 Å². The molecule has 17 heavy (non-hydrogen) atoms. The summed E-state index contributed by atoms with van der Waals surface area (Å²) in [6.07, 6.45) is 2.79. The Balaban J connectivity index is 1.97. The number of methoxy groups -OCH3 is 1. The maximum Gasteiger partial charge on any atom is 0.311 e. The van der Waals surface area contributed by atoms with Crippen LogP contribution in [0.4, 0.5) is 0 Å². The van der Waals surface area contributed by atoms with E-state index in [1.54, 1.807) is 25.4 Å². The van der Waals surface area contributed by atoms with Crippen molar-refractivity contribution in [2.24, 2.45) is 5.92 Å². The summed E-state index contributed by atoms with van der Waals surface area (Å²) in [6, 6.07) is 0. The highest BCUT2D eigenvalue weighted by Gasteiger charge is 2.34. The van der Waals surface area contributed by atoms with Gasteiger partial charge in [-0.15, -0.1) is 11.3 Å². The number of thiazole rings is 1. The van der Waals surface area contributed by atoms with Gasteiger partial charge in [-0.25, -0.2) is 4.98 Å². The molecule has 1 aromatic rings. The van der Waals surface area contributed by atoms with Gasteiger partial charge in [-0.1, -0.05) is 0 Å². The van der Waals surface area contributed by atoms with E-state index in [2.05, 4.69) is 4.98 Å². The van der Waals surface area contributed by atoms with Crippen molar-refractivity contribution in [2.75, 3.05) is 13.7 Å². The van der Waals surface area contributed by atoms with Crippen LogP contribution in [-0.2, 0) is 20.7 Å². The van der Waals surface area contributed by atoms with E-state index in [0.717, 1.165) is 10.7 Å². The van der Waals surface area contributed by atoms with Crippen LogP contribution in [0.15, 0.2) is 5.38 Å². The van der Waals surface area contributed by atoms with Crippen molar-refractivity contribution in [1.29, 1.82) is 0 Å². The first kappa shape index (κ1) is 12.5. The third-order valence-corrected chi connectivity index (χ3v) is 3.70. The van der Waals surface area contributed by atoms with Crippen LogP contribution in [0.25, 0.3) is 0 Å². The molecule has 0 amide bonds. The van der Waals surface area contributed by atoms with Crippen molar-refractivity contribution < 1.29 is 14.3 Å². The monoisotopic (exact) mass is 255 g/mol. The summed E-state index contributed by atoms with van der Waals surface area (Å²) in [5, 5.41) is 2.90. The number of hydrogen-bond donors (Lipinski definition) is 0. The van der Waals surface area contributed by atoms with E-state index in [1.165, 1.54) is 12.8 Å². The number of hydrogen-bond acceptors (Lipinski definition) is 5. The highest BCUT2D eigenvalue weighted by molar-refractivity contribution is 7.09. The lowest BCUT2D eigenvalue weighted by atomic mass is 10.2. The molecule has 0 bridgehead atoms. The van der Waals surface area contributed by atoms with Gasteiger partial charge in [0.2, 0.25) is 0 Å². The summed E-state index contributed by atoms with van der Waals surface area (Å²) in [7, 11) is 1.72. The van der Waals surface area contributed by atoms with Crippen LogP contribution in [0.3, 0.4) is 0 Å². The van der Waals surface area contributed by atoms with E-state index in [1.807, 2.05) is 5.38 Å². The van der Waals surface area contributed by atoms with Gasteiger partial charge in [0.1, 0.15) is 11.1 Å². The second-order valence-corrected chi connectivity index (χ2v) is 5.04. The second-order valence-electron chi connectivity index (χ2n) is 4.15. The van der Waals surface area contributed by atoms with E-state index in [4.69, 9.17) is 9.47 Å². The lowest BCUT2D eigenvalue weighted by Gasteiger charge is -2.10. The molecule has 94 valence electrons. The maximum atomic E-state index is 11.3. The summed E-state index contributed by atoms with van der Waals surface area (Å²) < 4.78 is 10.4. The van der Waals surface area contributed by atoms with Crippen LogP contribution in [0.1, 0.15) is 36.6 Å². The van der Waals surface area contributed by atoms with Gasteiger partial charge in [0.05, 0.1) is 18.7 Å². The minimum Gasteiger partial charge on any atom is -0.466 e. The molecule has 4 nitrogen and oxygen atoms in total. The van der Waals surface area contributed by atoms with Gasteiger partial charge >= 0.3 is 5.97 Å². The fourth-order valence-corrected chi connectivity index (χ4v) is 2.77. The zero-order valence-electron chi connectivity index (χ0n) is 10.1. The highest BCUT2D eigenvalue weighted by Crippen LogP contribution is 2.43. The molecule has 0 aromatic carbocycles.